The molecule has 9 nitrogen and oxygen atoms in total. The average Bonchev–Trinajstić information content (AvgIpc) is 2.85. The highest BCUT2D eigenvalue weighted by atomic mass is 16.7. The number of anilines is 1. The Hall–Kier alpha value is -3.43. The first-order valence-electron chi connectivity index (χ1n) is 11.0. The van der Waals surface area contributed by atoms with Crippen LogP contribution in [-0.2, 0) is 14.3 Å². The van der Waals surface area contributed by atoms with E-state index in [4.69, 9.17) is 14.6 Å². The number of hydrogen-bond donors (Lipinski definition) is 3. The van der Waals surface area contributed by atoms with Crippen molar-refractivity contribution in [3.05, 3.63) is 82.1 Å². The summed E-state index contributed by atoms with van der Waals surface area (Å²) in [6.07, 6.45) is 3.24. The number of nitrogens with zero attached hydrogens (tertiary/aromatic N) is 1. The lowest BCUT2D eigenvalue weighted by Crippen LogP contribution is -2.35. The third-order valence-electron chi connectivity index (χ3n) is 5.18. The van der Waals surface area contributed by atoms with E-state index in [-0.39, 0.29) is 29.9 Å². The van der Waals surface area contributed by atoms with Gasteiger partial charge in [0.05, 0.1) is 11.5 Å². The lowest BCUT2D eigenvalue weighted by atomic mass is 9.93. The Morgan fingerprint density at radius 2 is 1.88 bits per heavy atom. The number of nitro benzene ring substituents is 1. The lowest BCUT2D eigenvalue weighted by Gasteiger charge is -2.29. The van der Waals surface area contributed by atoms with Crippen LogP contribution in [0.25, 0.3) is 0 Å². The normalized spacial score (nSPS) is 17.5. The van der Waals surface area contributed by atoms with Crippen molar-refractivity contribution in [2.24, 2.45) is 0 Å². The Morgan fingerprint density at radius 3 is 2.58 bits per heavy atom. The minimum Gasteiger partial charge on any atom is -0.459 e. The van der Waals surface area contributed by atoms with Crippen LogP contribution >= 0.6 is 0 Å². The van der Waals surface area contributed by atoms with E-state index in [0.717, 1.165) is 11.3 Å². The fourth-order valence-electron chi connectivity index (χ4n) is 3.45. The first-order valence-corrected chi connectivity index (χ1v) is 11.0. The van der Waals surface area contributed by atoms with Gasteiger partial charge in [0.2, 0.25) is 6.29 Å². The van der Waals surface area contributed by atoms with Gasteiger partial charge in [-0.2, -0.15) is 0 Å². The molecule has 176 valence electrons. The predicted molar refractivity (Wildman–Crippen MR) is 124 cm³/mol. The molecule has 0 saturated heterocycles. The highest BCUT2D eigenvalue weighted by Gasteiger charge is 2.28. The molecule has 1 heterocycles. The third-order valence-corrected chi connectivity index (χ3v) is 5.18. The summed E-state index contributed by atoms with van der Waals surface area (Å²) in [5, 5.41) is 25.6. The summed E-state index contributed by atoms with van der Waals surface area (Å²) in [6.45, 7) is 1.35. The Bertz CT molecular complexity index is 933. The largest absolute Gasteiger partial charge is 0.459 e. The number of nitrogens with one attached hydrogen (secondary N) is 2. The number of nitro groups is 1. The van der Waals surface area contributed by atoms with Crippen LogP contribution in [0.15, 0.2) is 66.4 Å². The third kappa shape index (κ3) is 7.58. The van der Waals surface area contributed by atoms with Crippen LogP contribution in [0.4, 0.5) is 11.4 Å². The first kappa shape index (κ1) is 24.2. The zero-order valence-corrected chi connectivity index (χ0v) is 18.3. The fraction of sp³-hybridized carbons (Fsp3) is 0.375. The van der Waals surface area contributed by atoms with Gasteiger partial charge in [0, 0.05) is 49.9 Å². The first-order chi connectivity index (χ1) is 16.1. The molecule has 33 heavy (non-hydrogen) atoms. The molecule has 0 bridgehead atoms. The fourth-order valence-corrected chi connectivity index (χ4v) is 3.45. The van der Waals surface area contributed by atoms with Gasteiger partial charge in [0.15, 0.2) is 5.76 Å². The molecule has 0 radical (unpaired) electrons. The minimum atomic E-state index is -0.544. The summed E-state index contributed by atoms with van der Waals surface area (Å²) in [4.78, 5) is 23.0. The molecule has 2 aromatic rings. The number of rotatable bonds is 12. The summed E-state index contributed by atoms with van der Waals surface area (Å²) in [5.74, 6) is -0.121. The van der Waals surface area contributed by atoms with E-state index >= 15 is 0 Å². The molecule has 1 aliphatic heterocycles. The topological polar surface area (TPSA) is 123 Å². The second-order valence-corrected chi connectivity index (χ2v) is 7.62. The van der Waals surface area contributed by atoms with Crippen molar-refractivity contribution in [3.8, 4) is 0 Å². The number of unbranched alkanes of at least 4 members (excludes halogenated alkanes) is 1. The molecule has 1 aliphatic rings. The standard InChI is InChI=1S/C24H29N3O6/c28-14-4-5-15-32-23-17-19(18-6-2-1-3-7-18)16-22(33-23)24(29)26-13-12-25-20-8-10-21(11-9-20)27(30)31/h1-3,6-11,16,19,23,25,28H,4-5,12-15,17H2,(H,26,29)/t19-,23+/m0/s1. The number of allylic oxidation sites excluding steroid dienone is 1. The van der Waals surface area contributed by atoms with Crippen molar-refractivity contribution in [1.82, 2.24) is 5.32 Å². The molecule has 2 atom stereocenters. The Morgan fingerprint density at radius 1 is 1.12 bits per heavy atom. The van der Waals surface area contributed by atoms with Crippen molar-refractivity contribution >= 4 is 17.3 Å². The van der Waals surface area contributed by atoms with E-state index in [2.05, 4.69) is 10.6 Å². The molecular formula is C24H29N3O6. The summed E-state index contributed by atoms with van der Waals surface area (Å²) >= 11 is 0. The second kappa shape index (κ2) is 12.6. The second-order valence-electron chi connectivity index (χ2n) is 7.62. The van der Waals surface area contributed by atoms with Crippen molar-refractivity contribution in [2.45, 2.75) is 31.5 Å². The van der Waals surface area contributed by atoms with Crippen molar-refractivity contribution in [2.75, 3.05) is 31.6 Å². The zero-order valence-electron chi connectivity index (χ0n) is 18.3. The van der Waals surface area contributed by atoms with Crippen molar-refractivity contribution in [1.29, 1.82) is 0 Å². The van der Waals surface area contributed by atoms with Gasteiger partial charge in [0.1, 0.15) is 0 Å². The summed E-state index contributed by atoms with van der Waals surface area (Å²) < 4.78 is 11.6. The molecule has 1 amide bonds. The van der Waals surface area contributed by atoms with Gasteiger partial charge in [-0.25, -0.2) is 0 Å². The molecule has 3 N–H and O–H groups in total. The molecule has 0 saturated carbocycles. The minimum absolute atomic E-state index is 0.0122. The molecule has 0 aliphatic carbocycles. The highest BCUT2D eigenvalue weighted by molar-refractivity contribution is 5.91. The Balaban J connectivity index is 1.54. The molecule has 9 heteroatoms. The predicted octanol–water partition coefficient (Wildman–Crippen LogP) is 3.33. The Kier molecular flexibility index (Phi) is 9.22. The quantitative estimate of drug-likeness (QED) is 0.255. The maximum Gasteiger partial charge on any atom is 0.286 e. The average molecular weight is 456 g/mol. The van der Waals surface area contributed by atoms with E-state index in [1.165, 1.54) is 12.1 Å². The van der Waals surface area contributed by atoms with Crippen LogP contribution in [0.3, 0.4) is 0 Å². The monoisotopic (exact) mass is 455 g/mol. The molecule has 0 unspecified atom stereocenters. The number of benzene rings is 2. The number of amides is 1. The number of carbonyl (C=O) groups excluding carboxylic acids is 1. The summed E-state index contributed by atoms with van der Waals surface area (Å²) in [6, 6.07) is 16.0. The SMILES string of the molecule is O=C(NCCNc1ccc([N+](=O)[O-])cc1)C1=C[C@H](c2ccccc2)C[C@H](OCCCCO)O1. The molecule has 2 aromatic carbocycles. The van der Waals surface area contributed by atoms with Crippen molar-refractivity contribution < 1.29 is 24.3 Å². The highest BCUT2D eigenvalue weighted by Crippen LogP contribution is 2.31. The lowest BCUT2D eigenvalue weighted by molar-refractivity contribution is -0.384. The van der Waals surface area contributed by atoms with Gasteiger partial charge in [-0.1, -0.05) is 30.3 Å². The van der Waals surface area contributed by atoms with Crippen molar-refractivity contribution in [3.63, 3.8) is 0 Å². The molecule has 0 aromatic heterocycles. The summed E-state index contributed by atoms with van der Waals surface area (Å²) in [7, 11) is 0. The smallest absolute Gasteiger partial charge is 0.286 e. The van der Waals surface area contributed by atoms with Crippen LogP contribution in [0, 0.1) is 10.1 Å². The molecular weight excluding hydrogens is 426 g/mol. The maximum absolute atomic E-state index is 12.7. The number of aliphatic hydroxyl groups excluding tert-OH is 1. The molecule has 0 spiro atoms. The van der Waals surface area contributed by atoms with E-state index in [1.54, 1.807) is 12.1 Å². The van der Waals surface area contributed by atoms with Crippen LogP contribution in [0.2, 0.25) is 0 Å². The molecule has 3 rings (SSSR count). The number of ether oxygens (including phenoxy) is 2. The number of aliphatic hydroxyl groups is 1. The number of hydrogen-bond acceptors (Lipinski definition) is 7. The van der Waals surface area contributed by atoms with Gasteiger partial charge < -0.3 is 25.2 Å². The van der Waals surface area contributed by atoms with Gasteiger partial charge in [-0.15, -0.1) is 0 Å². The van der Waals surface area contributed by atoms with Gasteiger partial charge in [-0.05, 0) is 36.6 Å². The Labute approximate surface area is 192 Å². The summed E-state index contributed by atoms with van der Waals surface area (Å²) in [5.41, 5.74) is 1.83. The van der Waals surface area contributed by atoms with Crippen LogP contribution in [0.1, 0.15) is 30.7 Å². The number of non-ortho nitro benzene ring substituents is 1. The van der Waals surface area contributed by atoms with E-state index in [1.807, 2.05) is 36.4 Å². The number of carbonyl (C=O) groups is 1. The van der Waals surface area contributed by atoms with Crippen LogP contribution < -0.4 is 10.6 Å². The zero-order chi connectivity index (χ0) is 23.5. The van der Waals surface area contributed by atoms with Crippen LogP contribution in [0.5, 0.6) is 0 Å². The van der Waals surface area contributed by atoms with Gasteiger partial charge >= 0.3 is 0 Å². The van der Waals surface area contributed by atoms with Gasteiger partial charge in [-0.3, -0.25) is 14.9 Å². The van der Waals surface area contributed by atoms with E-state index in [9.17, 15) is 14.9 Å². The van der Waals surface area contributed by atoms with E-state index in [0.29, 0.717) is 39.0 Å². The van der Waals surface area contributed by atoms with Crippen LogP contribution in [-0.4, -0.2) is 48.5 Å². The van der Waals surface area contributed by atoms with Gasteiger partial charge in [0.25, 0.3) is 11.6 Å². The maximum atomic E-state index is 12.7. The van der Waals surface area contributed by atoms with E-state index < -0.39 is 11.2 Å². The molecule has 0 fully saturated rings.